The van der Waals surface area contributed by atoms with Crippen molar-refractivity contribution in [3.05, 3.63) is 69.2 Å². The van der Waals surface area contributed by atoms with E-state index in [9.17, 15) is 15.0 Å². The van der Waals surface area contributed by atoms with E-state index in [2.05, 4.69) is 10.4 Å². The van der Waals surface area contributed by atoms with E-state index >= 15 is 0 Å². The van der Waals surface area contributed by atoms with Crippen LogP contribution in [-0.2, 0) is 0 Å². The summed E-state index contributed by atoms with van der Waals surface area (Å²) < 4.78 is 5.69. The van der Waals surface area contributed by atoms with Crippen LogP contribution in [0.15, 0.2) is 53.4 Å². The molecule has 1 unspecified atom stereocenters. The zero-order valence-corrected chi connectivity index (χ0v) is 15.0. The van der Waals surface area contributed by atoms with Gasteiger partial charge in [-0.2, -0.15) is 0 Å². The summed E-state index contributed by atoms with van der Waals surface area (Å²) in [6.07, 6.45) is 2.98. The number of nitrogens with two attached hydrogens (primary N) is 1. The normalized spacial score (nSPS) is 12.1. The number of aromatic hydroxyl groups is 1. The average molecular weight is 451 g/mol. The number of aromatic nitrogens is 1. The molecule has 3 aromatic rings. The van der Waals surface area contributed by atoms with Gasteiger partial charge in [-0.1, -0.05) is 24.3 Å². The van der Waals surface area contributed by atoms with Crippen molar-refractivity contribution in [3.63, 3.8) is 0 Å². The van der Waals surface area contributed by atoms with Gasteiger partial charge in [0.2, 0.25) is 0 Å². The van der Waals surface area contributed by atoms with Crippen LogP contribution >= 0.6 is 22.6 Å². The SMILES string of the molecule is NNC(c1ccc(-c2cnco2)cc1)c1cc(I)c(O)c(C(=O)O)c1. The number of rotatable bonds is 5. The Kier molecular flexibility index (Phi) is 5.02. The fraction of sp³-hybridized carbons (Fsp3) is 0.0588. The van der Waals surface area contributed by atoms with Gasteiger partial charge in [0.05, 0.1) is 15.8 Å². The number of nitrogens with one attached hydrogen (secondary N) is 1. The Hall–Kier alpha value is -2.43. The molecule has 0 radical (unpaired) electrons. The Bertz CT molecular complexity index is 895. The molecule has 3 rings (SSSR count). The van der Waals surface area contributed by atoms with E-state index in [4.69, 9.17) is 10.3 Å². The number of hydrogen-bond donors (Lipinski definition) is 4. The molecule has 1 aromatic heterocycles. The molecule has 0 bridgehead atoms. The van der Waals surface area contributed by atoms with E-state index in [1.807, 2.05) is 46.9 Å². The highest BCUT2D eigenvalue weighted by Gasteiger charge is 2.20. The predicted octanol–water partition coefficient (Wildman–Crippen LogP) is 2.90. The van der Waals surface area contributed by atoms with Gasteiger partial charge in [0.1, 0.15) is 11.3 Å². The van der Waals surface area contributed by atoms with Gasteiger partial charge in [-0.05, 0) is 45.9 Å². The summed E-state index contributed by atoms with van der Waals surface area (Å²) in [6, 6.07) is 10.1. The molecule has 0 aliphatic rings. The number of carboxylic acid groups (broad SMARTS) is 1. The minimum atomic E-state index is -1.20. The van der Waals surface area contributed by atoms with Crippen LogP contribution in [0.5, 0.6) is 5.75 Å². The molecule has 0 aliphatic heterocycles. The molecule has 1 heterocycles. The van der Waals surface area contributed by atoms with Gasteiger partial charge in [-0.3, -0.25) is 5.84 Å². The average Bonchev–Trinajstić information content (AvgIpc) is 3.13. The third-order valence-corrected chi connectivity index (χ3v) is 4.60. The Labute approximate surface area is 156 Å². The number of hydrazine groups is 1. The van der Waals surface area contributed by atoms with Crippen molar-refractivity contribution < 1.29 is 19.4 Å². The smallest absolute Gasteiger partial charge is 0.339 e. The first-order valence-electron chi connectivity index (χ1n) is 7.22. The van der Waals surface area contributed by atoms with E-state index in [-0.39, 0.29) is 11.3 Å². The molecule has 7 nitrogen and oxygen atoms in total. The number of oxazole rings is 1. The van der Waals surface area contributed by atoms with E-state index in [0.29, 0.717) is 14.9 Å². The fourth-order valence-electron chi connectivity index (χ4n) is 2.53. The van der Waals surface area contributed by atoms with E-state index in [0.717, 1.165) is 11.1 Å². The van der Waals surface area contributed by atoms with Crippen LogP contribution in [0.3, 0.4) is 0 Å². The minimum absolute atomic E-state index is 0.166. The predicted molar refractivity (Wildman–Crippen MR) is 98.9 cm³/mol. The number of phenols is 1. The van der Waals surface area contributed by atoms with Crippen molar-refractivity contribution >= 4 is 28.6 Å². The molecular weight excluding hydrogens is 437 g/mol. The summed E-state index contributed by atoms with van der Waals surface area (Å²) in [5.74, 6) is 4.89. The monoisotopic (exact) mass is 451 g/mol. The summed E-state index contributed by atoms with van der Waals surface area (Å²) in [4.78, 5) is 15.2. The molecule has 128 valence electrons. The van der Waals surface area contributed by atoms with E-state index in [1.165, 1.54) is 12.5 Å². The third kappa shape index (κ3) is 3.50. The topological polar surface area (TPSA) is 122 Å². The number of halogens is 1. The second kappa shape index (κ2) is 7.21. The highest BCUT2D eigenvalue weighted by Crippen LogP contribution is 2.31. The third-order valence-electron chi connectivity index (χ3n) is 3.78. The lowest BCUT2D eigenvalue weighted by Crippen LogP contribution is -2.29. The second-order valence-corrected chi connectivity index (χ2v) is 6.45. The maximum absolute atomic E-state index is 11.3. The molecule has 5 N–H and O–H groups in total. The number of hydrogen-bond acceptors (Lipinski definition) is 6. The molecule has 0 saturated carbocycles. The molecule has 8 heteroatoms. The highest BCUT2D eigenvalue weighted by atomic mass is 127. The number of nitrogens with zero attached hydrogens (tertiary/aromatic N) is 1. The lowest BCUT2D eigenvalue weighted by atomic mass is 9.96. The van der Waals surface area contributed by atoms with Gasteiger partial charge in [-0.15, -0.1) is 0 Å². The summed E-state index contributed by atoms with van der Waals surface area (Å²) in [5, 5.41) is 19.2. The maximum Gasteiger partial charge on any atom is 0.339 e. The van der Waals surface area contributed by atoms with Crippen molar-refractivity contribution in [2.24, 2.45) is 5.84 Å². The van der Waals surface area contributed by atoms with Crippen LogP contribution in [0, 0.1) is 3.57 Å². The Morgan fingerprint density at radius 2 is 1.96 bits per heavy atom. The van der Waals surface area contributed by atoms with Gasteiger partial charge in [0, 0.05) is 5.56 Å². The number of carboxylic acids is 1. The van der Waals surface area contributed by atoms with Crippen molar-refractivity contribution in [2.75, 3.05) is 0 Å². The molecule has 0 amide bonds. The summed E-state index contributed by atoms with van der Waals surface area (Å²) in [7, 11) is 0. The Balaban J connectivity index is 1.99. The molecule has 0 aliphatic carbocycles. The van der Waals surface area contributed by atoms with E-state index in [1.54, 1.807) is 12.3 Å². The Morgan fingerprint density at radius 1 is 1.24 bits per heavy atom. The van der Waals surface area contributed by atoms with Crippen molar-refractivity contribution in [1.82, 2.24) is 10.4 Å². The highest BCUT2D eigenvalue weighted by molar-refractivity contribution is 14.1. The van der Waals surface area contributed by atoms with Gasteiger partial charge < -0.3 is 14.6 Å². The summed E-state index contributed by atoms with van der Waals surface area (Å²) >= 11 is 1.89. The zero-order chi connectivity index (χ0) is 18.0. The van der Waals surface area contributed by atoms with Crippen LogP contribution < -0.4 is 11.3 Å². The lowest BCUT2D eigenvalue weighted by Gasteiger charge is -2.18. The van der Waals surface area contributed by atoms with Gasteiger partial charge in [-0.25, -0.2) is 15.2 Å². The van der Waals surface area contributed by atoms with Crippen LogP contribution in [0.2, 0.25) is 0 Å². The van der Waals surface area contributed by atoms with Crippen LogP contribution in [0.4, 0.5) is 0 Å². The standard InChI is InChI=1S/C17H14IN3O4/c18-13-6-11(5-12(16(13)22)17(23)24)15(21-19)10-3-1-9(2-4-10)14-7-20-8-25-14/h1-8,15,21-22H,19H2,(H,23,24). The zero-order valence-electron chi connectivity index (χ0n) is 12.8. The second-order valence-electron chi connectivity index (χ2n) is 5.29. The number of carbonyl (C=O) groups is 1. The van der Waals surface area contributed by atoms with Crippen LogP contribution in [-0.4, -0.2) is 21.2 Å². The molecule has 0 spiro atoms. The summed E-state index contributed by atoms with van der Waals surface area (Å²) in [6.45, 7) is 0. The molecule has 0 saturated heterocycles. The van der Waals surface area contributed by atoms with Gasteiger partial charge in [0.25, 0.3) is 0 Å². The quantitative estimate of drug-likeness (QED) is 0.267. The maximum atomic E-state index is 11.3. The molecule has 25 heavy (non-hydrogen) atoms. The molecule has 1 atom stereocenters. The Morgan fingerprint density at radius 3 is 2.52 bits per heavy atom. The minimum Gasteiger partial charge on any atom is -0.506 e. The fourth-order valence-corrected chi connectivity index (χ4v) is 3.18. The lowest BCUT2D eigenvalue weighted by molar-refractivity contribution is 0.0693. The molecular formula is C17H14IN3O4. The van der Waals surface area contributed by atoms with Crippen LogP contribution in [0.25, 0.3) is 11.3 Å². The van der Waals surface area contributed by atoms with Crippen LogP contribution in [0.1, 0.15) is 27.5 Å². The van der Waals surface area contributed by atoms with Crippen molar-refractivity contribution in [1.29, 1.82) is 0 Å². The summed E-state index contributed by atoms with van der Waals surface area (Å²) in [5.41, 5.74) is 4.86. The first-order valence-corrected chi connectivity index (χ1v) is 8.29. The van der Waals surface area contributed by atoms with E-state index < -0.39 is 12.0 Å². The van der Waals surface area contributed by atoms with Crippen molar-refractivity contribution in [3.8, 4) is 17.1 Å². The largest absolute Gasteiger partial charge is 0.506 e. The first kappa shape index (κ1) is 17.4. The van der Waals surface area contributed by atoms with Gasteiger partial charge >= 0.3 is 5.97 Å². The number of benzene rings is 2. The molecule has 2 aromatic carbocycles. The van der Waals surface area contributed by atoms with Crippen molar-refractivity contribution in [2.45, 2.75) is 6.04 Å². The first-order chi connectivity index (χ1) is 12.0. The van der Waals surface area contributed by atoms with Gasteiger partial charge in [0.15, 0.2) is 12.2 Å². The molecule has 0 fully saturated rings. The number of aromatic carboxylic acids is 1.